The third-order valence-electron chi connectivity index (χ3n) is 3.03. The lowest BCUT2D eigenvalue weighted by Crippen LogP contribution is -2.51. The molecule has 0 radical (unpaired) electrons. The van der Waals surface area contributed by atoms with Gasteiger partial charge in [0.2, 0.25) is 5.91 Å². The first-order chi connectivity index (χ1) is 7.49. The highest BCUT2D eigenvalue weighted by Crippen LogP contribution is 2.09. The van der Waals surface area contributed by atoms with Crippen LogP contribution in [0.15, 0.2) is 0 Å². The molecule has 1 heterocycles. The smallest absolute Gasteiger partial charge is 0.237 e. The van der Waals surface area contributed by atoms with Crippen LogP contribution in [0.4, 0.5) is 0 Å². The van der Waals surface area contributed by atoms with Gasteiger partial charge < -0.3 is 16.0 Å². The summed E-state index contributed by atoms with van der Waals surface area (Å²) in [7, 11) is 2.09. The van der Waals surface area contributed by atoms with Gasteiger partial charge in [0.15, 0.2) is 0 Å². The zero-order valence-electron chi connectivity index (χ0n) is 10.7. The molecule has 2 atom stereocenters. The Morgan fingerprint density at radius 3 is 2.81 bits per heavy atom. The predicted molar refractivity (Wildman–Crippen MR) is 66.1 cm³/mol. The monoisotopic (exact) mass is 227 g/mol. The molecule has 1 rings (SSSR count). The van der Waals surface area contributed by atoms with Crippen molar-refractivity contribution in [2.45, 2.75) is 45.2 Å². The number of amides is 1. The highest BCUT2D eigenvalue weighted by atomic mass is 16.2. The molecule has 0 spiro atoms. The summed E-state index contributed by atoms with van der Waals surface area (Å²) in [4.78, 5) is 14.1. The molecule has 0 saturated carbocycles. The van der Waals surface area contributed by atoms with Crippen molar-refractivity contribution in [2.24, 2.45) is 11.7 Å². The Bertz CT molecular complexity index is 230. The fourth-order valence-corrected chi connectivity index (χ4v) is 2.21. The van der Waals surface area contributed by atoms with Crippen molar-refractivity contribution in [1.29, 1.82) is 0 Å². The number of hydrogen-bond acceptors (Lipinski definition) is 3. The number of likely N-dealkylation sites (tertiary alicyclic amines) is 1. The van der Waals surface area contributed by atoms with Crippen molar-refractivity contribution in [3.8, 4) is 0 Å². The molecular weight excluding hydrogens is 202 g/mol. The summed E-state index contributed by atoms with van der Waals surface area (Å²) >= 11 is 0. The molecule has 16 heavy (non-hydrogen) atoms. The van der Waals surface area contributed by atoms with Gasteiger partial charge in [0.1, 0.15) is 0 Å². The summed E-state index contributed by atoms with van der Waals surface area (Å²) in [6.45, 7) is 6.24. The van der Waals surface area contributed by atoms with Gasteiger partial charge in [-0.05, 0) is 38.8 Å². The Hall–Kier alpha value is -0.610. The van der Waals surface area contributed by atoms with Gasteiger partial charge in [-0.15, -0.1) is 0 Å². The molecule has 0 aromatic rings. The van der Waals surface area contributed by atoms with Crippen molar-refractivity contribution in [3.63, 3.8) is 0 Å². The van der Waals surface area contributed by atoms with E-state index in [0.717, 1.165) is 32.4 Å². The normalized spacial score (nSPS) is 24.4. The molecule has 4 nitrogen and oxygen atoms in total. The van der Waals surface area contributed by atoms with Crippen LogP contribution >= 0.6 is 0 Å². The van der Waals surface area contributed by atoms with E-state index in [4.69, 9.17) is 5.73 Å². The minimum atomic E-state index is -0.354. The number of piperidine rings is 1. The predicted octanol–water partition coefficient (Wildman–Crippen LogP) is 0.570. The number of nitrogens with zero attached hydrogens (tertiary/aromatic N) is 1. The second-order valence-electron chi connectivity index (χ2n) is 5.35. The number of hydrogen-bond donors (Lipinski definition) is 2. The minimum absolute atomic E-state index is 0.00833. The van der Waals surface area contributed by atoms with Crippen LogP contribution in [0.5, 0.6) is 0 Å². The summed E-state index contributed by atoms with van der Waals surface area (Å²) in [5.41, 5.74) is 5.84. The Morgan fingerprint density at radius 2 is 2.25 bits per heavy atom. The van der Waals surface area contributed by atoms with Crippen LogP contribution in [-0.4, -0.2) is 43.0 Å². The van der Waals surface area contributed by atoms with Crippen molar-refractivity contribution in [1.82, 2.24) is 10.2 Å². The quantitative estimate of drug-likeness (QED) is 0.738. The van der Waals surface area contributed by atoms with E-state index in [1.165, 1.54) is 0 Å². The van der Waals surface area contributed by atoms with Gasteiger partial charge in [0.25, 0.3) is 0 Å². The van der Waals surface area contributed by atoms with E-state index in [9.17, 15) is 4.79 Å². The van der Waals surface area contributed by atoms with Crippen molar-refractivity contribution >= 4 is 5.91 Å². The van der Waals surface area contributed by atoms with Gasteiger partial charge in [0.05, 0.1) is 6.04 Å². The number of nitrogens with one attached hydrogen (secondary N) is 1. The number of carbonyl (C=O) groups excluding carboxylic acids is 1. The molecule has 4 heteroatoms. The van der Waals surface area contributed by atoms with Gasteiger partial charge in [-0.3, -0.25) is 4.79 Å². The number of nitrogens with two attached hydrogens (primary N) is 1. The maximum absolute atomic E-state index is 11.8. The van der Waals surface area contributed by atoms with E-state index >= 15 is 0 Å². The second-order valence-corrected chi connectivity index (χ2v) is 5.35. The van der Waals surface area contributed by atoms with Crippen molar-refractivity contribution in [3.05, 3.63) is 0 Å². The lowest BCUT2D eigenvalue weighted by atomic mass is 10.0. The fraction of sp³-hybridized carbons (Fsp3) is 0.917. The Labute approximate surface area is 98.6 Å². The van der Waals surface area contributed by atoms with Crippen LogP contribution in [0, 0.1) is 5.92 Å². The molecule has 1 saturated heterocycles. The van der Waals surface area contributed by atoms with Crippen LogP contribution in [0.1, 0.15) is 33.1 Å². The number of rotatable bonds is 4. The van der Waals surface area contributed by atoms with Crippen LogP contribution in [-0.2, 0) is 4.79 Å². The van der Waals surface area contributed by atoms with Gasteiger partial charge >= 0.3 is 0 Å². The first-order valence-corrected chi connectivity index (χ1v) is 6.23. The SMILES string of the molecule is CC(C)CC(N)C(=O)NC1CCCN(C)C1. The highest BCUT2D eigenvalue weighted by molar-refractivity contribution is 5.81. The molecule has 1 fully saturated rings. The largest absolute Gasteiger partial charge is 0.351 e. The molecule has 0 bridgehead atoms. The van der Waals surface area contributed by atoms with Crippen molar-refractivity contribution in [2.75, 3.05) is 20.1 Å². The van der Waals surface area contributed by atoms with Gasteiger partial charge in [-0.2, -0.15) is 0 Å². The minimum Gasteiger partial charge on any atom is -0.351 e. The summed E-state index contributed by atoms with van der Waals surface area (Å²) < 4.78 is 0. The van der Waals surface area contributed by atoms with E-state index in [1.54, 1.807) is 0 Å². The number of likely N-dealkylation sites (N-methyl/N-ethyl adjacent to an activating group) is 1. The molecule has 94 valence electrons. The van der Waals surface area contributed by atoms with E-state index < -0.39 is 0 Å². The van der Waals surface area contributed by atoms with Gasteiger partial charge in [-0.1, -0.05) is 13.8 Å². The second kappa shape index (κ2) is 6.21. The molecular formula is C12H25N3O. The first-order valence-electron chi connectivity index (χ1n) is 6.23. The molecule has 0 aromatic carbocycles. The molecule has 0 aromatic heterocycles. The third kappa shape index (κ3) is 4.49. The maximum atomic E-state index is 11.8. The summed E-state index contributed by atoms with van der Waals surface area (Å²) in [6, 6.07) is -0.0725. The van der Waals surface area contributed by atoms with Crippen molar-refractivity contribution < 1.29 is 4.79 Å². The molecule has 1 aliphatic heterocycles. The van der Waals surface area contributed by atoms with E-state index in [-0.39, 0.29) is 18.0 Å². The maximum Gasteiger partial charge on any atom is 0.237 e. The molecule has 2 unspecified atom stereocenters. The zero-order chi connectivity index (χ0) is 12.1. The van der Waals surface area contributed by atoms with E-state index in [2.05, 4.69) is 31.1 Å². The fourth-order valence-electron chi connectivity index (χ4n) is 2.21. The lowest BCUT2D eigenvalue weighted by Gasteiger charge is -2.31. The standard InChI is InChI=1S/C12H25N3O/c1-9(2)7-11(13)12(16)14-10-5-4-6-15(3)8-10/h9-11H,4-8,13H2,1-3H3,(H,14,16). The average molecular weight is 227 g/mol. The van der Waals surface area contributed by atoms with Crippen LogP contribution in [0.2, 0.25) is 0 Å². The van der Waals surface area contributed by atoms with Crippen LogP contribution in [0.3, 0.4) is 0 Å². The highest BCUT2D eigenvalue weighted by Gasteiger charge is 2.22. The Balaban J connectivity index is 2.32. The molecule has 3 N–H and O–H groups in total. The van der Waals surface area contributed by atoms with Crippen LogP contribution < -0.4 is 11.1 Å². The Morgan fingerprint density at radius 1 is 1.56 bits per heavy atom. The lowest BCUT2D eigenvalue weighted by molar-refractivity contribution is -0.123. The topological polar surface area (TPSA) is 58.4 Å². The van der Waals surface area contributed by atoms with E-state index in [0.29, 0.717) is 5.92 Å². The summed E-state index contributed by atoms with van der Waals surface area (Å²) in [5, 5.41) is 3.05. The van der Waals surface area contributed by atoms with Gasteiger partial charge in [-0.25, -0.2) is 0 Å². The Kier molecular flexibility index (Phi) is 5.22. The zero-order valence-corrected chi connectivity index (χ0v) is 10.7. The average Bonchev–Trinajstić information content (AvgIpc) is 2.16. The first kappa shape index (κ1) is 13.5. The summed E-state index contributed by atoms with van der Waals surface area (Å²) in [6.07, 6.45) is 2.99. The number of carbonyl (C=O) groups is 1. The van der Waals surface area contributed by atoms with E-state index in [1.807, 2.05) is 0 Å². The summed E-state index contributed by atoms with van der Waals surface area (Å²) in [5.74, 6) is 0.476. The van der Waals surface area contributed by atoms with Gasteiger partial charge in [0, 0.05) is 12.6 Å². The third-order valence-corrected chi connectivity index (χ3v) is 3.03. The molecule has 1 amide bonds. The van der Waals surface area contributed by atoms with Crippen LogP contribution in [0.25, 0.3) is 0 Å². The molecule has 0 aliphatic carbocycles. The molecule has 1 aliphatic rings.